The fraction of sp³-hybridized carbons (Fsp3) is 0.933. The maximum absolute atomic E-state index is 12.7. The van der Waals surface area contributed by atoms with Gasteiger partial charge in [-0.1, -0.05) is 0 Å². The van der Waals surface area contributed by atoms with Crippen LogP contribution < -0.4 is 5.32 Å². The lowest BCUT2D eigenvalue weighted by atomic mass is 9.82. The first kappa shape index (κ1) is 12.2. The van der Waals surface area contributed by atoms with Crippen molar-refractivity contribution in [1.29, 1.82) is 0 Å². The molecule has 4 aliphatic heterocycles. The SMILES string of the molecule is C[C@H]1C[C@@H](C(=O)N2CC3C4CCC(O4)C3C2)CCN1. The van der Waals surface area contributed by atoms with Gasteiger partial charge in [-0.25, -0.2) is 0 Å². The quantitative estimate of drug-likeness (QED) is 0.768. The van der Waals surface area contributed by atoms with Gasteiger partial charge >= 0.3 is 0 Å². The number of carbonyl (C=O) groups is 1. The van der Waals surface area contributed by atoms with Crippen molar-refractivity contribution in [3.63, 3.8) is 0 Å². The number of fused-ring (bicyclic) bond motifs is 5. The monoisotopic (exact) mass is 264 g/mol. The molecular weight excluding hydrogens is 240 g/mol. The van der Waals surface area contributed by atoms with Crippen LogP contribution in [0, 0.1) is 17.8 Å². The molecule has 1 N–H and O–H groups in total. The Morgan fingerprint density at radius 3 is 2.47 bits per heavy atom. The van der Waals surface area contributed by atoms with Crippen molar-refractivity contribution in [3.8, 4) is 0 Å². The first-order valence-electron chi connectivity index (χ1n) is 7.90. The largest absolute Gasteiger partial charge is 0.374 e. The maximum atomic E-state index is 12.7. The first-order chi connectivity index (χ1) is 9.22. The molecule has 6 atom stereocenters. The third-order valence-corrected chi connectivity index (χ3v) is 5.74. The van der Waals surface area contributed by atoms with Gasteiger partial charge in [-0.05, 0) is 39.2 Å². The van der Waals surface area contributed by atoms with Crippen LogP contribution in [0.2, 0.25) is 0 Å². The molecule has 106 valence electrons. The number of likely N-dealkylation sites (tertiary alicyclic amines) is 1. The van der Waals surface area contributed by atoms with Crippen molar-refractivity contribution in [3.05, 3.63) is 0 Å². The van der Waals surface area contributed by atoms with Crippen LogP contribution in [0.4, 0.5) is 0 Å². The van der Waals surface area contributed by atoms with Crippen LogP contribution in [0.25, 0.3) is 0 Å². The number of nitrogens with zero attached hydrogens (tertiary/aromatic N) is 1. The Bertz CT molecular complexity index is 368. The van der Waals surface area contributed by atoms with Crippen LogP contribution in [0.1, 0.15) is 32.6 Å². The molecule has 4 heterocycles. The lowest BCUT2D eigenvalue weighted by molar-refractivity contribution is -0.136. The predicted octanol–water partition coefficient (Wildman–Crippen LogP) is 1.01. The summed E-state index contributed by atoms with van der Waals surface area (Å²) >= 11 is 0. The second-order valence-electron chi connectivity index (χ2n) is 6.94. The highest BCUT2D eigenvalue weighted by Gasteiger charge is 2.54. The highest BCUT2D eigenvalue weighted by Crippen LogP contribution is 2.47. The fourth-order valence-electron chi connectivity index (χ4n) is 4.75. The molecular formula is C15H24N2O2. The molecule has 0 aliphatic carbocycles. The normalized spacial score (nSPS) is 48.6. The van der Waals surface area contributed by atoms with Crippen LogP contribution >= 0.6 is 0 Å². The Hall–Kier alpha value is -0.610. The molecule has 0 aromatic rings. The minimum absolute atomic E-state index is 0.258. The van der Waals surface area contributed by atoms with Crippen molar-refractivity contribution >= 4 is 5.91 Å². The predicted molar refractivity (Wildman–Crippen MR) is 71.6 cm³/mol. The fourth-order valence-corrected chi connectivity index (χ4v) is 4.75. The third kappa shape index (κ3) is 1.91. The summed E-state index contributed by atoms with van der Waals surface area (Å²) in [5.41, 5.74) is 0. The van der Waals surface area contributed by atoms with E-state index in [-0.39, 0.29) is 5.92 Å². The molecule has 0 aromatic carbocycles. The van der Waals surface area contributed by atoms with E-state index in [1.807, 2.05) is 0 Å². The summed E-state index contributed by atoms with van der Waals surface area (Å²) in [4.78, 5) is 14.8. The Balaban J connectivity index is 1.42. The van der Waals surface area contributed by atoms with E-state index in [0.29, 0.717) is 36.0 Å². The number of nitrogens with one attached hydrogen (secondary N) is 1. The molecule has 0 saturated carbocycles. The summed E-state index contributed by atoms with van der Waals surface area (Å²) in [7, 11) is 0. The van der Waals surface area contributed by atoms with E-state index in [1.54, 1.807) is 0 Å². The summed E-state index contributed by atoms with van der Waals surface area (Å²) in [6, 6.07) is 0.490. The minimum atomic E-state index is 0.258. The van der Waals surface area contributed by atoms with Crippen molar-refractivity contribution < 1.29 is 9.53 Å². The second kappa shape index (κ2) is 4.45. The van der Waals surface area contributed by atoms with E-state index in [2.05, 4.69) is 17.1 Å². The topological polar surface area (TPSA) is 41.6 Å². The molecule has 1 amide bonds. The molecule has 0 spiro atoms. The number of piperidine rings is 1. The van der Waals surface area contributed by atoms with Crippen molar-refractivity contribution in [2.75, 3.05) is 19.6 Å². The standard InChI is InChI=1S/C15H24N2O2/c1-9-6-10(4-5-16-9)15(18)17-7-11-12(8-17)14-3-2-13(11)19-14/h9-14,16H,2-8H2,1H3/t9-,10-,11?,12?,13?,14?/m0/s1. The molecule has 4 aliphatic rings. The zero-order chi connectivity index (χ0) is 13.0. The molecule has 4 rings (SSSR count). The minimum Gasteiger partial charge on any atom is -0.374 e. The van der Waals surface area contributed by atoms with E-state index in [1.165, 1.54) is 12.8 Å². The van der Waals surface area contributed by atoms with E-state index in [0.717, 1.165) is 32.5 Å². The average molecular weight is 264 g/mol. The van der Waals surface area contributed by atoms with E-state index >= 15 is 0 Å². The second-order valence-corrected chi connectivity index (χ2v) is 6.94. The summed E-state index contributed by atoms with van der Waals surface area (Å²) in [6.07, 6.45) is 5.38. The van der Waals surface area contributed by atoms with Crippen LogP contribution in [-0.2, 0) is 9.53 Å². The summed E-state index contributed by atoms with van der Waals surface area (Å²) in [5, 5.41) is 3.43. The number of carbonyl (C=O) groups excluding carboxylic acids is 1. The Morgan fingerprint density at radius 1 is 1.16 bits per heavy atom. The summed E-state index contributed by atoms with van der Waals surface area (Å²) in [5.74, 6) is 1.96. The molecule has 4 heteroatoms. The van der Waals surface area contributed by atoms with Crippen molar-refractivity contribution in [1.82, 2.24) is 10.2 Å². The first-order valence-corrected chi connectivity index (χ1v) is 7.90. The number of rotatable bonds is 1. The maximum Gasteiger partial charge on any atom is 0.225 e. The Morgan fingerprint density at radius 2 is 1.84 bits per heavy atom. The molecule has 4 fully saturated rings. The van der Waals surface area contributed by atoms with Crippen LogP contribution in [0.3, 0.4) is 0 Å². The zero-order valence-electron chi connectivity index (χ0n) is 11.7. The van der Waals surface area contributed by atoms with E-state index < -0.39 is 0 Å². The van der Waals surface area contributed by atoms with Gasteiger partial charge in [0, 0.05) is 36.9 Å². The molecule has 0 radical (unpaired) electrons. The number of hydrogen-bond donors (Lipinski definition) is 1. The van der Waals surface area contributed by atoms with Crippen molar-refractivity contribution in [2.24, 2.45) is 17.8 Å². The lowest BCUT2D eigenvalue weighted by Crippen LogP contribution is -2.44. The molecule has 0 aromatic heterocycles. The van der Waals surface area contributed by atoms with Gasteiger partial charge in [0.15, 0.2) is 0 Å². The lowest BCUT2D eigenvalue weighted by Gasteiger charge is -2.30. The van der Waals surface area contributed by atoms with Crippen LogP contribution in [0.15, 0.2) is 0 Å². The van der Waals surface area contributed by atoms with Crippen molar-refractivity contribution in [2.45, 2.75) is 50.9 Å². The highest BCUT2D eigenvalue weighted by molar-refractivity contribution is 5.79. The smallest absolute Gasteiger partial charge is 0.225 e. The van der Waals surface area contributed by atoms with Gasteiger partial charge < -0.3 is 15.0 Å². The van der Waals surface area contributed by atoms with Gasteiger partial charge in [-0.15, -0.1) is 0 Å². The zero-order valence-corrected chi connectivity index (χ0v) is 11.7. The number of hydrogen-bond acceptors (Lipinski definition) is 3. The van der Waals surface area contributed by atoms with Gasteiger partial charge in [0.2, 0.25) is 5.91 Å². The van der Waals surface area contributed by atoms with E-state index in [4.69, 9.17) is 4.74 Å². The molecule has 2 bridgehead atoms. The Kier molecular flexibility index (Phi) is 2.85. The molecule has 4 nitrogen and oxygen atoms in total. The molecule has 4 unspecified atom stereocenters. The highest BCUT2D eigenvalue weighted by atomic mass is 16.5. The number of amides is 1. The number of ether oxygens (including phenoxy) is 1. The molecule has 19 heavy (non-hydrogen) atoms. The van der Waals surface area contributed by atoms with Gasteiger partial charge in [0.05, 0.1) is 12.2 Å². The Labute approximate surface area is 114 Å². The van der Waals surface area contributed by atoms with Crippen LogP contribution in [-0.4, -0.2) is 48.7 Å². The average Bonchev–Trinajstić information content (AvgIpc) is 3.10. The molecule has 4 saturated heterocycles. The van der Waals surface area contributed by atoms with E-state index in [9.17, 15) is 4.79 Å². The van der Waals surface area contributed by atoms with Gasteiger partial charge in [0.25, 0.3) is 0 Å². The summed E-state index contributed by atoms with van der Waals surface area (Å²) in [6.45, 7) is 5.10. The van der Waals surface area contributed by atoms with Crippen LogP contribution in [0.5, 0.6) is 0 Å². The van der Waals surface area contributed by atoms with Gasteiger partial charge in [-0.2, -0.15) is 0 Å². The third-order valence-electron chi connectivity index (χ3n) is 5.74. The van der Waals surface area contributed by atoms with Gasteiger partial charge in [-0.3, -0.25) is 4.79 Å². The summed E-state index contributed by atoms with van der Waals surface area (Å²) < 4.78 is 5.98. The van der Waals surface area contributed by atoms with Gasteiger partial charge in [0.1, 0.15) is 0 Å².